The molecule has 208 valence electrons. The van der Waals surface area contributed by atoms with Crippen molar-refractivity contribution in [1.82, 2.24) is 8.97 Å². The average Bonchev–Trinajstić information content (AvgIpc) is 3.84. The Morgan fingerprint density at radius 2 is 1.09 bits per heavy atom. The molecule has 7 aromatic carbocycles. The molecular formula is C42H24N2O. The Kier molecular flexibility index (Phi) is 4.32. The number of furan rings is 1. The number of fused-ring (bicyclic) bond motifs is 13. The third-order valence-electron chi connectivity index (χ3n) is 9.85. The van der Waals surface area contributed by atoms with E-state index in [4.69, 9.17) is 4.42 Å². The van der Waals surface area contributed by atoms with Crippen LogP contribution in [-0.2, 0) is 0 Å². The van der Waals surface area contributed by atoms with Crippen molar-refractivity contribution in [2.45, 2.75) is 0 Å². The lowest BCUT2D eigenvalue weighted by Gasteiger charge is -2.09. The predicted molar refractivity (Wildman–Crippen MR) is 188 cm³/mol. The summed E-state index contributed by atoms with van der Waals surface area (Å²) >= 11 is 0. The van der Waals surface area contributed by atoms with Gasteiger partial charge in [-0.05, 0) is 53.6 Å². The van der Waals surface area contributed by atoms with Crippen LogP contribution in [0.1, 0.15) is 0 Å². The zero-order valence-electron chi connectivity index (χ0n) is 24.2. The second kappa shape index (κ2) is 8.31. The summed E-state index contributed by atoms with van der Waals surface area (Å²) in [7, 11) is 0. The highest BCUT2D eigenvalue weighted by Crippen LogP contribution is 2.46. The molecule has 0 N–H and O–H groups in total. The first-order valence-corrected chi connectivity index (χ1v) is 15.5. The Morgan fingerprint density at radius 3 is 2.02 bits per heavy atom. The van der Waals surface area contributed by atoms with E-state index in [2.05, 4.69) is 148 Å². The van der Waals surface area contributed by atoms with E-state index < -0.39 is 0 Å². The minimum Gasteiger partial charge on any atom is -0.454 e. The lowest BCUT2D eigenvalue weighted by molar-refractivity contribution is 0.666. The highest BCUT2D eigenvalue weighted by Gasteiger charge is 2.23. The van der Waals surface area contributed by atoms with E-state index in [1.165, 1.54) is 71.0 Å². The van der Waals surface area contributed by atoms with Crippen LogP contribution in [0.4, 0.5) is 0 Å². The van der Waals surface area contributed by atoms with Gasteiger partial charge in [0.25, 0.3) is 0 Å². The fourth-order valence-electron chi connectivity index (χ4n) is 8.01. The Morgan fingerprint density at radius 1 is 0.400 bits per heavy atom. The van der Waals surface area contributed by atoms with Gasteiger partial charge in [0.1, 0.15) is 5.58 Å². The average molecular weight is 573 g/mol. The first-order valence-electron chi connectivity index (χ1n) is 15.5. The Hall–Kier alpha value is -6.06. The van der Waals surface area contributed by atoms with E-state index in [9.17, 15) is 0 Å². The van der Waals surface area contributed by atoms with Gasteiger partial charge in [0, 0.05) is 43.1 Å². The van der Waals surface area contributed by atoms with Crippen LogP contribution in [0.2, 0.25) is 0 Å². The van der Waals surface area contributed by atoms with Gasteiger partial charge in [0.15, 0.2) is 5.58 Å². The molecule has 4 aromatic heterocycles. The van der Waals surface area contributed by atoms with Crippen LogP contribution < -0.4 is 0 Å². The monoisotopic (exact) mass is 572 g/mol. The SMILES string of the molecule is c1ccc(-c2ccc3c(c2)c2cccc4c5c6c7ccccc7n(-c7cccc8c7oc7ccccc78)c6ccc5n3c24)cc1. The fourth-order valence-corrected chi connectivity index (χ4v) is 8.01. The molecule has 0 saturated carbocycles. The number of benzene rings is 7. The molecule has 0 radical (unpaired) electrons. The van der Waals surface area contributed by atoms with Crippen LogP contribution in [0, 0.1) is 0 Å². The maximum absolute atomic E-state index is 6.55. The summed E-state index contributed by atoms with van der Waals surface area (Å²) < 4.78 is 11.4. The maximum atomic E-state index is 6.55. The molecule has 0 amide bonds. The van der Waals surface area contributed by atoms with Crippen LogP contribution in [0.15, 0.2) is 150 Å². The van der Waals surface area contributed by atoms with Crippen molar-refractivity contribution >= 4 is 81.8 Å². The highest BCUT2D eigenvalue weighted by atomic mass is 16.3. The smallest absolute Gasteiger partial charge is 0.159 e. The van der Waals surface area contributed by atoms with Gasteiger partial charge < -0.3 is 13.4 Å². The molecular weight excluding hydrogens is 548 g/mol. The second-order valence-corrected chi connectivity index (χ2v) is 12.1. The molecule has 4 heterocycles. The van der Waals surface area contributed by atoms with Crippen LogP contribution in [0.5, 0.6) is 0 Å². The Balaban J connectivity index is 1.28. The predicted octanol–water partition coefficient (Wildman–Crippen LogP) is 11.5. The summed E-state index contributed by atoms with van der Waals surface area (Å²) in [6.45, 7) is 0. The van der Waals surface area contributed by atoms with Crippen LogP contribution in [-0.4, -0.2) is 8.97 Å². The fraction of sp³-hybridized carbons (Fsp3) is 0. The molecule has 0 spiro atoms. The van der Waals surface area contributed by atoms with E-state index in [1.807, 2.05) is 6.07 Å². The normalized spacial score (nSPS) is 12.4. The molecule has 11 rings (SSSR count). The molecule has 0 atom stereocenters. The summed E-state index contributed by atoms with van der Waals surface area (Å²) in [6.07, 6.45) is 0. The molecule has 0 unspecified atom stereocenters. The van der Waals surface area contributed by atoms with Crippen molar-refractivity contribution in [2.24, 2.45) is 0 Å². The molecule has 0 aliphatic carbocycles. The maximum Gasteiger partial charge on any atom is 0.159 e. The largest absolute Gasteiger partial charge is 0.454 e. The molecule has 45 heavy (non-hydrogen) atoms. The molecule has 11 aromatic rings. The van der Waals surface area contributed by atoms with Gasteiger partial charge in [0.05, 0.1) is 33.3 Å². The zero-order valence-corrected chi connectivity index (χ0v) is 24.2. The summed E-state index contributed by atoms with van der Waals surface area (Å²) in [6, 6.07) is 52.6. The number of hydrogen-bond donors (Lipinski definition) is 0. The summed E-state index contributed by atoms with van der Waals surface area (Å²) in [5.74, 6) is 0. The van der Waals surface area contributed by atoms with E-state index >= 15 is 0 Å². The summed E-state index contributed by atoms with van der Waals surface area (Å²) in [4.78, 5) is 0. The first kappa shape index (κ1) is 23.4. The van der Waals surface area contributed by atoms with Gasteiger partial charge in [-0.3, -0.25) is 0 Å². The van der Waals surface area contributed by atoms with Gasteiger partial charge in [-0.25, -0.2) is 0 Å². The molecule has 0 fully saturated rings. The molecule has 0 saturated heterocycles. The van der Waals surface area contributed by atoms with Crippen molar-refractivity contribution in [3.05, 3.63) is 146 Å². The molecule has 0 bridgehead atoms. The minimum absolute atomic E-state index is 0.912. The van der Waals surface area contributed by atoms with Crippen molar-refractivity contribution in [2.75, 3.05) is 0 Å². The van der Waals surface area contributed by atoms with Gasteiger partial charge >= 0.3 is 0 Å². The second-order valence-electron chi connectivity index (χ2n) is 12.1. The van der Waals surface area contributed by atoms with Gasteiger partial charge in [-0.1, -0.05) is 103 Å². The van der Waals surface area contributed by atoms with Crippen LogP contribution in [0.25, 0.3) is 98.7 Å². The van der Waals surface area contributed by atoms with Crippen molar-refractivity contribution < 1.29 is 4.42 Å². The first-order chi connectivity index (χ1) is 22.3. The number of aromatic nitrogens is 2. The third kappa shape index (κ3) is 2.90. The van der Waals surface area contributed by atoms with E-state index in [0.29, 0.717) is 0 Å². The van der Waals surface area contributed by atoms with E-state index in [1.54, 1.807) is 0 Å². The summed E-state index contributed by atoms with van der Waals surface area (Å²) in [5, 5.41) is 9.97. The standard InChI is InChI=1S/C42H24N2O/c1-2-10-25(11-3-1)26-20-21-34-32(24-26)28-14-8-16-31-40-36(44(34)41(28)31)23-22-35-39(40)30-13-4-6-17-33(30)43(35)37-18-9-15-29-27-12-5-7-19-38(27)45-42(29)37/h1-24H. The quantitative estimate of drug-likeness (QED) is 0.202. The molecule has 3 heteroatoms. The lowest BCUT2D eigenvalue weighted by atomic mass is 10.0. The molecule has 0 aliphatic rings. The number of hydrogen-bond acceptors (Lipinski definition) is 1. The van der Waals surface area contributed by atoms with Gasteiger partial charge in [-0.2, -0.15) is 0 Å². The topological polar surface area (TPSA) is 22.5 Å². The van der Waals surface area contributed by atoms with Crippen molar-refractivity contribution in [3.8, 4) is 16.8 Å². The Bertz CT molecular complexity index is 2970. The van der Waals surface area contributed by atoms with Crippen molar-refractivity contribution in [3.63, 3.8) is 0 Å². The van der Waals surface area contributed by atoms with Gasteiger partial charge in [0.2, 0.25) is 0 Å². The summed E-state index contributed by atoms with van der Waals surface area (Å²) in [5.41, 5.74) is 11.5. The van der Waals surface area contributed by atoms with E-state index in [0.717, 1.165) is 27.6 Å². The molecule has 3 nitrogen and oxygen atoms in total. The van der Waals surface area contributed by atoms with Crippen LogP contribution >= 0.6 is 0 Å². The minimum atomic E-state index is 0.912. The van der Waals surface area contributed by atoms with E-state index in [-0.39, 0.29) is 0 Å². The highest BCUT2D eigenvalue weighted by molar-refractivity contribution is 6.33. The van der Waals surface area contributed by atoms with Crippen LogP contribution in [0.3, 0.4) is 0 Å². The number of rotatable bonds is 2. The van der Waals surface area contributed by atoms with Crippen molar-refractivity contribution in [1.29, 1.82) is 0 Å². The zero-order chi connectivity index (χ0) is 29.2. The lowest BCUT2D eigenvalue weighted by Crippen LogP contribution is -1.94. The molecule has 0 aliphatic heterocycles. The number of nitrogens with zero attached hydrogens (tertiary/aromatic N) is 2. The number of para-hydroxylation sites is 4. The third-order valence-corrected chi connectivity index (χ3v) is 9.85. The van der Waals surface area contributed by atoms with Gasteiger partial charge in [-0.15, -0.1) is 0 Å². The Labute approximate surface area is 257 Å².